The van der Waals surface area contributed by atoms with Gasteiger partial charge >= 0.3 is 0 Å². The summed E-state index contributed by atoms with van der Waals surface area (Å²) in [5, 5.41) is 10.1. The number of benzene rings is 2. The van der Waals surface area contributed by atoms with Gasteiger partial charge in [-0.2, -0.15) is 9.40 Å². The van der Waals surface area contributed by atoms with Crippen LogP contribution in [0.1, 0.15) is 55.4 Å². The first-order chi connectivity index (χ1) is 15.2. The second-order valence-corrected chi connectivity index (χ2v) is 9.70. The van der Waals surface area contributed by atoms with Gasteiger partial charge < -0.3 is 5.32 Å². The molecule has 0 spiro atoms. The third kappa shape index (κ3) is 4.73. The van der Waals surface area contributed by atoms with Gasteiger partial charge in [0.1, 0.15) is 5.82 Å². The number of aryl methyl sites for hydroxylation is 1. The van der Waals surface area contributed by atoms with Gasteiger partial charge in [-0.1, -0.05) is 45.9 Å². The maximum Gasteiger partial charge on any atom is 0.255 e. The summed E-state index contributed by atoms with van der Waals surface area (Å²) in [4.78, 5) is 17.8. The summed E-state index contributed by atoms with van der Waals surface area (Å²) in [6.07, 6.45) is 0. The Hall–Kier alpha value is -3.04. The predicted octanol–water partition coefficient (Wildman–Crippen LogP) is 4.19. The molecule has 1 aromatic heterocycles. The zero-order chi connectivity index (χ0) is 23.5. The lowest BCUT2D eigenvalue weighted by atomic mass is 10.1. The summed E-state index contributed by atoms with van der Waals surface area (Å²) < 4.78 is 27.2. The largest absolute Gasteiger partial charge is 0.321 e. The van der Waals surface area contributed by atoms with Gasteiger partial charge in [0.2, 0.25) is 10.0 Å². The molecule has 1 heterocycles. The highest BCUT2D eigenvalue weighted by Crippen LogP contribution is 2.27. The van der Waals surface area contributed by atoms with E-state index < -0.39 is 15.9 Å². The van der Waals surface area contributed by atoms with E-state index in [1.54, 1.807) is 32.9 Å². The van der Waals surface area contributed by atoms with Crippen molar-refractivity contribution in [2.75, 3.05) is 18.4 Å². The van der Waals surface area contributed by atoms with Crippen molar-refractivity contribution in [3.8, 4) is 11.4 Å². The summed E-state index contributed by atoms with van der Waals surface area (Å²) >= 11 is 0. The van der Waals surface area contributed by atoms with Crippen LogP contribution in [-0.2, 0) is 10.0 Å². The molecule has 3 rings (SSSR count). The molecule has 2 aromatic carbocycles. The molecule has 0 aliphatic rings. The van der Waals surface area contributed by atoms with Crippen LogP contribution in [0.4, 0.5) is 5.69 Å². The lowest BCUT2D eigenvalue weighted by Gasteiger charge is -2.19. The van der Waals surface area contributed by atoms with Gasteiger partial charge in [-0.15, -0.1) is 0 Å². The Balaban J connectivity index is 1.95. The van der Waals surface area contributed by atoms with Crippen molar-refractivity contribution >= 4 is 21.6 Å². The van der Waals surface area contributed by atoms with E-state index in [-0.39, 0.29) is 10.8 Å². The standard InChI is InChI=1S/C23H29N5O3S/c1-6-28(7-2)32(30,31)17-13-12-16(5)19(14-17)23(29)24-20-11-9-8-10-18(20)22-25-21(15(3)4)26-27-22/h8-15H,6-7H2,1-5H3,(H,24,29)(H,25,26,27). The van der Waals surface area contributed by atoms with Gasteiger partial charge in [0.25, 0.3) is 5.91 Å². The minimum Gasteiger partial charge on any atom is -0.321 e. The maximum absolute atomic E-state index is 13.2. The topological polar surface area (TPSA) is 108 Å². The monoisotopic (exact) mass is 455 g/mol. The molecule has 0 aliphatic carbocycles. The van der Waals surface area contributed by atoms with E-state index in [1.807, 2.05) is 32.0 Å². The third-order valence-corrected chi connectivity index (χ3v) is 7.31. The van der Waals surface area contributed by atoms with Crippen molar-refractivity contribution < 1.29 is 13.2 Å². The fourth-order valence-corrected chi connectivity index (χ4v) is 4.83. The van der Waals surface area contributed by atoms with Gasteiger partial charge in [-0.25, -0.2) is 13.4 Å². The van der Waals surface area contributed by atoms with E-state index in [0.717, 1.165) is 5.82 Å². The number of carbonyl (C=O) groups is 1. The Kier molecular flexibility index (Phi) is 7.10. The Morgan fingerprint density at radius 2 is 1.81 bits per heavy atom. The molecule has 9 heteroatoms. The number of amides is 1. The van der Waals surface area contributed by atoms with Crippen LogP contribution in [0.2, 0.25) is 0 Å². The van der Waals surface area contributed by atoms with E-state index in [1.165, 1.54) is 16.4 Å². The molecule has 0 atom stereocenters. The SMILES string of the molecule is CCN(CC)S(=O)(=O)c1ccc(C)c(C(=O)Nc2ccccc2-c2n[nH]c(C(C)C)n2)c1. The molecule has 0 aliphatic heterocycles. The van der Waals surface area contributed by atoms with Crippen molar-refractivity contribution in [1.29, 1.82) is 0 Å². The van der Waals surface area contributed by atoms with Crippen LogP contribution in [0.15, 0.2) is 47.4 Å². The van der Waals surface area contributed by atoms with Crippen molar-refractivity contribution in [3.05, 3.63) is 59.4 Å². The Bertz CT molecular complexity index is 1210. The molecule has 0 unspecified atom stereocenters. The average molecular weight is 456 g/mol. The van der Waals surface area contributed by atoms with E-state index in [4.69, 9.17) is 0 Å². The number of hydrogen-bond donors (Lipinski definition) is 2. The molecule has 170 valence electrons. The van der Waals surface area contributed by atoms with Gasteiger partial charge in [0, 0.05) is 30.1 Å². The van der Waals surface area contributed by atoms with Crippen LogP contribution in [0, 0.1) is 6.92 Å². The van der Waals surface area contributed by atoms with Crippen LogP contribution >= 0.6 is 0 Å². The lowest BCUT2D eigenvalue weighted by Crippen LogP contribution is -2.30. The fourth-order valence-electron chi connectivity index (χ4n) is 3.35. The van der Waals surface area contributed by atoms with E-state index in [9.17, 15) is 13.2 Å². The van der Waals surface area contributed by atoms with Gasteiger partial charge in [-0.3, -0.25) is 9.89 Å². The third-order valence-electron chi connectivity index (χ3n) is 5.26. The number of sulfonamides is 1. The molecule has 32 heavy (non-hydrogen) atoms. The minimum absolute atomic E-state index is 0.0979. The highest BCUT2D eigenvalue weighted by Gasteiger charge is 2.24. The van der Waals surface area contributed by atoms with Gasteiger partial charge in [0.05, 0.1) is 10.6 Å². The Morgan fingerprint density at radius 3 is 2.44 bits per heavy atom. The summed E-state index contributed by atoms with van der Waals surface area (Å²) in [6.45, 7) is 10.1. The van der Waals surface area contributed by atoms with Gasteiger partial charge in [-0.05, 0) is 36.8 Å². The molecule has 0 fully saturated rings. The van der Waals surface area contributed by atoms with Crippen LogP contribution in [0.25, 0.3) is 11.4 Å². The number of hydrogen-bond acceptors (Lipinski definition) is 5. The van der Waals surface area contributed by atoms with Crippen molar-refractivity contribution in [2.24, 2.45) is 0 Å². The molecule has 1 amide bonds. The van der Waals surface area contributed by atoms with E-state index in [2.05, 4.69) is 20.5 Å². The molecule has 8 nitrogen and oxygen atoms in total. The van der Waals surface area contributed by atoms with Crippen molar-refractivity contribution in [3.63, 3.8) is 0 Å². The van der Waals surface area contributed by atoms with Crippen LogP contribution in [0.3, 0.4) is 0 Å². The molecular formula is C23H29N5O3S. The predicted molar refractivity (Wildman–Crippen MR) is 125 cm³/mol. The number of H-pyrrole nitrogens is 1. The van der Waals surface area contributed by atoms with Gasteiger partial charge in [0.15, 0.2) is 5.82 Å². The summed E-state index contributed by atoms with van der Waals surface area (Å²) in [5.74, 6) is 1.03. The molecule has 2 N–H and O–H groups in total. The highest BCUT2D eigenvalue weighted by molar-refractivity contribution is 7.89. The number of anilines is 1. The summed E-state index contributed by atoms with van der Waals surface area (Å²) in [7, 11) is -3.67. The first kappa shape index (κ1) is 23.6. The lowest BCUT2D eigenvalue weighted by molar-refractivity contribution is 0.102. The average Bonchev–Trinajstić information content (AvgIpc) is 3.25. The molecular weight excluding hydrogens is 426 g/mol. The summed E-state index contributed by atoms with van der Waals surface area (Å²) in [6, 6.07) is 11.9. The maximum atomic E-state index is 13.2. The van der Waals surface area contributed by atoms with Crippen molar-refractivity contribution in [1.82, 2.24) is 19.5 Å². The first-order valence-corrected chi connectivity index (χ1v) is 12.1. The number of rotatable bonds is 8. The van der Waals surface area contributed by atoms with Crippen LogP contribution in [-0.4, -0.2) is 46.9 Å². The number of aromatic nitrogens is 3. The number of para-hydroxylation sites is 1. The first-order valence-electron chi connectivity index (χ1n) is 10.6. The van der Waals surface area contributed by atoms with E-state index in [0.29, 0.717) is 41.3 Å². The van der Waals surface area contributed by atoms with Crippen LogP contribution < -0.4 is 5.32 Å². The minimum atomic E-state index is -3.67. The normalized spacial score (nSPS) is 11.8. The Morgan fingerprint density at radius 1 is 1.12 bits per heavy atom. The number of nitrogens with zero attached hydrogens (tertiary/aromatic N) is 3. The smallest absolute Gasteiger partial charge is 0.255 e. The zero-order valence-electron chi connectivity index (χ0n) is 19.0. The molecule has 0 saturated heterocycles. The number of carbonyl (C=O) groups excluding carboxylic acids is 1. The summed E-state index contributed by atoms with van der Waals surface area (Å²) in [5.41, 5.74) is 2.20. The molecule has 0 bridgehead atoms. The molecule has 3 aromatic rings. The number of nitrogens with one attached hydrogen (secondary N) is 2. The molecule has 0 radical (unpaired) electrons. The van der Waals surface area contributed by atoms with Crippen molar-refractivity contribution in [2.45, 2.75) is 45.4 Å². The molecule has 0 saturated carbocycles. The Labute approximate surface area is 189 Å². The number of aromatic amines is 1. The second kappa shape index (κ2) is 9.62. The highest BCUT2D eigenvalue weighted by atomic mass is 32.2. The zero-order valence-corrected chi connectivity index (χ0v) is 19.8. The quantitative estimate of drug-likeness (QED) is 0.530. The van der Waals surface area contributed by atoms with E-state index >= 15 is 0 Å². The second-order valence-electron chi connectivity index (χ2n) is 7.76. The fraction of sp³-hybridized carbons (Fsp3) is 0.348. The van der Waals surface area contributed by atoms with Crippen LogP contribution in [0.5, 0.6) is 0 Å².